The highest BCUT2D eigenvalue weighted by atomic mass is 16.5. The zero-order valence-corrected chi connectivity index (χ0v) is 11.9. The standard InChI is InChI=1S/C16H21NO3/c1-2-20-15(18)14-8-16(11-19-12-16)17(10-14)9-13-6-4-3-5-7-13/h3-7,14H,2,8-12H2,1H3/t14-/m1/s1. The highest BCUT2D eigenvalue weighted by Gasteiger charge is 2.52. The number of ether oxygens (including phenoxy) is 2. The zero-order valence-electron chi connectivity index (χ0n) is 11.9. The molecule has 0 bridgehead atoms. The first kappa shape index (κ1) is 13.6. The summed E-state index contributed by atoms with van der Waals surface area (Å²) in [5.74, 6) is -0.0723. The minimum atomic E-state index is -0.0608. The molecule has 4 nitrogen and oxygen atoms in total. The Labute approximate surface area is 119 Å². The van der Waals surface area contributed by atoms with Crippen LogP contribution < -0.4 is 0 Å². The minimum absolute atomic E-state index is 0.0115. The van der Waals surface area contributed by atoms with Gasteiger partial charge >= 0.3 is 5.97 Å². The summed E-state index contributed by atoms with van der Waals surface area (Å²) in [5.41, 5.74) is 1.33. The number of nitrogens with zero attached hydrogens (tertiary/aromatic N) is 1. The summed E-state index contributed by atoms with van der Waals surface area (Å²) < 4.78 is 10.6. The van der Waals surface area contributed by atoms with Gasteiger partial charge in [-0.25, -0.2) is 0 Å². The Kier molecular flexibility index (Phi) is 3.76. The molecule has 108 valence electrons. The van der Waals surface area contributed by atoms with Gasteiger partial charge < -0.3 is 9.47 Å². The summed E-state index contributed by atoms with van der Waals surface area (Å²) in [7, 11) is 0. The highest BCUT2D eigenvalue weighted by Crippen LogP contribution is 2.40. The average Bonchev–Trinajstić information content (AvgIpc) is 2.80. The smallest absolute Gasteiger partial charge is 0.310 e. The van der Waals surface area contributed by atoms with Gasteiger partial charge in [-0.15, -0.1) is 0 Å². The summed E-state index contributed by atoms with van der Waals surface area (Å²) in [4.78, 5) is 14.4. The molecule has 2 heterocycles. The van der Waals surface area contributed by atoms with E-state index in [1.807, 2.05) is 13.0 Å². The van der Waals surface area contributed by atoms with Crippen molar-refractivity contribution in [2.45, 2.75) is 25.4 Å². The van der Waals surface area contributed by atoms with Gasteiger partial charge in [0.15, 0.2) is 0 Å². The number of carbonyl (C=O) groups excluding carboxylic acids is 1. The Morgan fingerprint density at radius 2 is 2.15 bits per heavy atom. The predicted molar refractivity (Wildman–Crippen MR) is 75.1 cm³/mol. The maximum Gasteiger partial charge on any atom is 0.310 e. The SMILES string of the molecule is CCOC(=O)[C@H]1CN(Cc2ccccc2)C2(COC2)C1. The molecule has 0 amide bonds. The predicted octanol–water partition coefficient (Wildman–Crippen LogP) is 1.84. The molecule has 0 saturated carbocycles. The van der Waals surface area contributed by atoms with Crippen molar-refractivity contribution in [3.05, 3.63) is 35.9 Å². The van der Waals surface area contributed by atoms with Gasteiger partial charge in [0.05, 0.1) is 31.3 Å². The molecule has 0 unspecified atom stereocenters. The van der Waals surface area contributed by atoms with Crippen molar-refractivity contribution >= 4 is 5.97 Å². The van der Waals surface area contributed by atoms with Crippen LogP contribution in [-0.2, 0) is 20.8 Å². The third-order valence-electron chi connectivity index (χ3n) is 4.32. The van der Waals surface area contributed by atoms with Crippen LogP contribution in [0.5, 0.6) is 0 Å². The van der Waals surface area contributed by atoms with E-state index >= 15 is 0 Å². The Balaban J connectivity index is 1.71. The largest absolute Gasteiger partial charge is 0.466 e. The molecular formula is C16H21NO3. The summed E-state index contributed by atoms with van der Waals surface area (Å²) in [6.45, 7) is 5.43. The third kappa shape index (κ3) is 2.45. The average molecular weight is 275 g/mol. The van der Waals surface area contributed by atoms with E-state index in [2.05, 4.69) is 29.2 Å². The van der Waals surface area contributed by atoms with Crippen molar-refractivity contribution in [3.63, 3.8) is 0 Å². The molecule has 1 spiro atoms. The molecule has 2 saturated heterocycles. The second-order valence-corrected chi connectivity index (χ2v) is 5.74. The summed E-state index contributed by atoms with van der Waals surface area (Å²) in [6.07, 6.45) is 0.860. The van der Waals surface area contributed by atoms with Crippen molar-refractivity contribution in [2.24, 2.45) is 5.92 Å². The molecule has 4 heteroatoms. The molecule has 2 aliphatic heterocycles. The Morgan fingerprint density at radius 3 is 2.75 bits per heavy atom. The molecule has 1 aromatic rings. The van der Waals surface area contributed by atoms with E-state index in [1.165, 1.54) is 5.56 Å². The first-order chi connectivity index (χ1) is 9.73. The Hall–Kier alpha value is -1.39. The normalized spacial score (nSPS) is 24.6. The van der Waals surface area contributed by atoms with Crippen LogP contribution in [0.4, 0.5) is 0 Å². The number of esters is 1. The van der Waals surface area contributed by atoms with Gasteiger partial charge in [-0.2, -0.15) is 0 Å². The fourth-order valence-corrected chi connectivity index (χ4v) is 3.20. The van der Waals surface area contributed by atoms with Gasteiger partial charge in [-0.05, 0) is 18.9 Å². The molecule has 2 aliphatic rings. The summed E-state index contributed by atoms with van der Waals surface area (Å²) in [5, 5.41) is 0. The summed E-state index contributed by atoms with van der Waals surface area (Å²) in [6, 6.07) is 10.4. The first-order valence-corrected chi connectivity index (χ1v) is 7.27. The van der Waals surface area contributed by atoms with Gasteiger partial charge in [0, 0.05) is 13.1 Å². The topological polar surface area (TPSA) is 38.8 Å². The van der Waals surface area contributed by atoms with E-state index < -0.39 is 0 Å². The van der Waals surface area contributed by atoms with E-state index in [4.69, 9.17) is 9.47 Å². The fourth-order valence-electron chi connectivity index (χ4n) is 3.20. The minimum Gasteiger partial charge on any atom is -0.466 e. The lowest BCUT2D eigenvalue weighted by atomic mass is 9.90. The molecular weight excluding hydrogens is 254 g/mol. The molecule has 0 radical (unpaired) electrons. The van der Waals surface area contributed by atoms with Crippen molar-refractivity contribution in [3.8, 4) is 0 Å². The molecule has 1 aromatic carbocycles. The van der Waals surface area contributed by atoms with Gasteiger partial charge in [0.1, 0.15) is 0 Å². The van der Waals surface area contributed by atoms with E-state index in [9.17, 15) is 4.79 Å². The lowest BCUT2D eigenvalue weighted by Gasteiger charge is -2.45. The van der Waals surface area contributed by atoms with E-state index in [-0.39, 0.29) is 17.4 Å². The van der Waals surface area contributed by atoms with Gasteiger partial charge in [-0.1, -0.05) is 30.3 Å². The van der Waals surface area contributed by atoms with E-state index in [0.29, 0.717) is 6.61 Å². The van der Waals surface area contributed by atoms with E-state index in [1.54, 1.807) is 0 Å². The highest BCUT2D eigenvalue weighted by molar-refractivity contribution is 5.73. The summed E-state index contributed by atoms with van der Waals surface area (Å²) >= 11 is 0. The number of hydrogen-bond donors (Lipinski definition) is 0. The van der Waals surface area contributed by atoms with Crippen LogP contribution in [0, 0.1) is 5.92 Å². The maximum absolute atomic E-state index is 12.0. The van der Waals surface area contributed by atoms with Crippen LogP contribution in [0.1, 0.15) is 18.9 Å². The molecule has 0 aromatic heterocycles. The molecule has 1 atom stereocenters. The molecule has 0 aliphatic carbocycles. The van der Waals surface area contributed by atoms with Crippen LogP contribution in [0.2, 0.25) is 0 Å². The monoisotopic (exact) mass is 275 g/mol. The second-order valence-electron chi connectivity index (χ2n) is 5.74. The molecule has 3 rings (SSSR count). The van der Waals surface area contributed by atoms with Crippen LogP contribution in [0.15, 0.2) is 30.3 Å². The van der Waals surface area contributed by atoms with Crippen LogP contribution >= 0.6 is 0 Å². The van der Waals surface area contributed by atoms with Crippen LogP contribution in [0.3, 0.4) is 0 Å². The Bertz CT molecular complexity index is 470. The van der Waals surface area contributed by atoms with Gasteiger partial charge in [-0.3, -0.25) is 9.69 Å². The molecule has 20 heavy (non-hydrogen) atoms. The number of carbonyl (C=O) groups is 1. The van der Waals surface area contributed by atoms with Gasteiger partial charge in [0.2, 0.25) is 0 Å². The van der Waals surface area contributed by atoms with Crippen LogP contribution in [0.25, 0.3) is 0 Å². The fraction of sp³-hybridized carbons (Fsp3) is 0.562. The maximum atomic E-state index is 12.0. The Morgan fingerprint density at radius 1 is 1.40 bits per heavy atom. The van der Waals surface area contributed by atoms with Gasteiger partial charge in [0.25, 0.3) is 0 Å². The third-order valence-corrected chi connectivity index (χ3v) is 4.32. The lowest BCUT2D eigenvalue weighted by molar-refractivity contribution is -0.148. The molecule has 2 fully saturated rings. The lowest BCUT2D eigenvalue weighted by Crippen LogP contribution is -2.58. The van der Waals surface area contributed by atoms with Crippen molar-refractivity contribution < 1.29 is 14.3 Å². The number of benzene rings is 1. The second kappa shape index (κ2) is 5.54. The van der Waals surface area contributed by atoms with Crippen molar-refractivity contribution in [1.82, 2.24) is 4.90 Å². The first-order valence-electron chi connectivity index (χ1n) is 7.27. The van der Waals surface area contributed by atoms with Crippen molar-refractivity contribution in [2.75, 3.05) is 26.4 Å². The quantitative estimate of drug-likeness (QED) is 0.786. The molecule has 0 N–H and O–H groups in total. The number of hydrogen-bond acceptors (Lipinski definition) is 4. The van der Waals surface area contributed by atoms with Crippen LogP contribution in [-0.4, -0.2) is 42.8 Å². The zero-order chi connectivity index (χ0) is 14.0. The van der Waals surface area contributed by atoms with E-state index in [0.717, 1.165) is 32.7 Å². The number of rotatable bonds is 4. The number of likely N-dealkylation sites (tertiary alicyclic amines) is 1. The van der Waals surface area contributed by atoms with Crippen molar-refractivity contribution in [1.29, 1.82) is 0 Å².